The molecule has 2 rings (SSSR count). The third kappa shape index (κ3) is 4.38. The van der Waals surface area contributed by atoms with Crippen LogP contribution in [0.25, 0.3) is 0 Å². The van der Waals surface area contributed by atoms with Crippen LogP contribution in [-0.2, 0) is 4.79 Å². The Kier molecular flexibility index (Phi) is 5.63. The maximum absolute atomic E-state index is 13.7. The molecular weight excluding hydrogens is 309 g/mol. The third-order valence-electron chi connectivity index (χ3n) is 3.49. The highest BCUT2D eigenvalue weighted by molar-refractivity contribution is 6.01. The number of nitrogens with one attached hydrogen (secondary N) is 2. The Morgan fingerprint density at radius 2 is 1.79 bits per heavy atom. The minimum atomic E-state index is -0.806. The topological polar surface area (TPSA) is 71.1 Å². The summed E-state index contributed by atoms with van der Waals surface area (Å²) >= 11 is 0. The maximum Gasteiger partial charge on any atom is 0.254 e. The molecule has 1 heterocycles. The van der Waals surface area contributed by atoms with Crippen molar-refractivity contribution in [2.24, 2.45) is 5.92 Å². The second-order valence-electron chi connectivity index (χ2n) is 5.83. The zero-order chi connectivity index (χ0) is 17.7. The van der Waals surface area contributed by atoms with Crippen LogP contribution in [0, 0.1) is 18.7 Å². The number of hydrogen-bond donors (Lipinski definition) is 2. The number of hydrogen-bond acceptors (Lipinski definition) is 3. The first-order valence-electron chi connectivity index (χ1n) is 7.68. The Morgan fingerprint density at radius 1 is 1.08 bits per heavy atom. The second-order valence-corrected chi connectivity index (χ2v) is 5.83. The highest BCUT2D eigenvalue weighted by Gasteiger charge is 2.26. The van der Waals surface area contributed by atoms with Gasteiger partial charge < -0.3 is 10.6 Å². The van der Waals surface area contributed by atoms with E-state index in [4.69, 9.17) is 0 Å². The molecule has 5 nitrogen and oxygen atoms in total. The number of pyridine rings is 1. The molecule has 24 heavy (non-hydrogen) atoms. The first kappa shape index (κ1) is 17.6. The predicted molar refractivity (Wildman–Crippen MR) is 90.1 cm³/mol. The normalized spacial score (nSPS) is 11.9. The van der Waals surface area contributed by atoms with E-state index in [2.05, 4.69) is 15.6 Å². The molecule has 0 aliphatic rings. The van der Waals surface area contributed by atoms with Crippen LogP contribution in [0.5, 0.6) is 0 Å². The smallest absolute Gasteiger partial charge is 0.254 e. The fraction of sp³-hybridized carbons (Fsp3) is 0.278. The lowest BCUT2D eigenvalue weighted by molar-refractivity contribution is -0.118. The lowest BCUT2D eigenvalue weighted by Crippen LogP contribution is -2.47. The second kappa shape index (κ2) is 7.68. The van der Waals surface area contributed by atoms with Crippen LogP contribution in [-0.4, -0.2) is 22.8 Å². The Hall–Kier alpha value is -2.76. The number of benzene rings is 1. The van der Waals surface area contributed by atoms with E-state index < -0.39 is 23.7 Å². The molecule has 1 unspecified atom stereocenters. The molecule has 0 fully saturated rings. The van der Waals surface area contributed by atoms with Gasteiger partial charge in [0.2, 0.25) is 5.91 Å². The summed E-state index contributed by atoms with van der Waals surface area (Å²) < 4.78 is 13.7. The number of halogens is 1. The monoisotopic (exact) mass is 329 g/mol. The molecular formula is C18H20FN3O2. The lowest BCUT2D eigenvalue weighted by atomic mass is 10.0. The van der Waals surface area contributed by atoms with Crippen molar-refractivity contribution < 1.29 is 14.0 Å². The van der Waals surface area contributed by atoms with Crippen molar-refractivity contribution in [3.8, 4) is 0 Å². The number of rotatable bonds is 5. The number of anilines is 1. The molecule has 0 bridgehead atoms. The SMILES string of the molecule is Cc1cccc(NC(=O)C(NC(=O)c2ccccc2F)C(C)C)n1. The minimum absolute atomic E-state index is 0.0929. The van der Waals surface area contributed by atoms with Crippen LogP contribution in [0.2, 0.25) is 0 Å². The highest BCUT2D eigenvalue weighted by Crippen LogP contribution is 2.11. The predicted octanol–water partition coefficient (Wildman–Crippen LogP) is 2.92. The zero-order valence-electron chi connectivity index (χ0n) is 13.8. The van der Waals surface area contributed by atoms with Crippen molar-refractivity contribution in [3.63, 3.8) is 0 Å². The Balaban J connectivity index is 2.13. The van der Waals surface area contributed by atoms with E-state index in [0.29, 0.717) is 5.82 Å². The van der Waals surface area contributed by atoms with Gasteiger partial charge in [0.25, 0.3) is 5.91 Å². The van der Waals surface area contributed by atoms with Crippen LogP contribution < -0.4 is 10.6 Å². The molecule has 1 aromatic carbocycles. The molecule has 0 spiro atoms. The highest BCUT2D eigenvalue weighted by atomic mass is 19.1. The van der Waals surface area contributed by atoms with Gasteiger partial charge >= 0.3 is 0 Å². The number of aryl methyl sites for hydroxylation is 1. The zero-order valence-corrected chi connectivity index (χ0v) is 13.8. The number of carbonyl (C=O) groups is 2. The van der Waals surface area contributed by atoms with Crippen LogP contribution in [0.3, 0.4) is 0 Å². The molecule has 0 saturated heterocycles. The molecule has 1 atom stereocenters. The molecule has 2 aromatic rings. The maximum atomic E-state index is 13.7. The van der Waals surface area contributed by atoms with Crippen molar-refractivity contribution >= 4 is 17.6 Å². The van der Waals surface area contributed by atoms with Crippen molar-refractivity contribution in [1.29, 1.82) is 0 Å². The van der Waals surface area contributed by atoms with Gasteiger partial charge in [-0.1, -0.05) is 32.0 Å². The van der Waals surface area contributed by atoms with Gasteiger partial charge in [-0.05, 0) is 37.1 Å². The molecule has 2 N–H and O–H groups in total. The summed E-state index contributed by atoms with van der Waals surface area (Å²) in [5, 5.41) is 5.27. The summed E-state index contributed by atoms with van der Waals surface area (Å²) in [6.07, 6.45) is 0. The Bertz CT molecular complexity index is 747. The number of amides is 2. The van der Waals surface area contributed by atoms with E-state index >= 15 is 0 Å². The molecule has 126 valence electrons. The van der Waals surface area contributed by atoms with Gasteiger partial charge in [-0.15, -0.1) is 0 Å². The number of carbonyl (C=O) groups excluding carboxylic acids is 2. The summed E-state index contributed by atoms with van der Waals surface area (Å²) in [5.74, 6) is -1.42. The van der Waals surface area contributed by atoms with Crippen LogP contribution in [0.4, 0.5) is 10.2 Å². The van der Waals surface area contributed by atoms with E-state index in [1.807, 2.05) is 13.0 Å². The van der Waals surface area contributed by atoms with Gasteiger partial charge in [0, 0.05) is 5.69 Å². The van der Waals surface area contributed by atoms with Crippen molar-refractivity contribution in [2.75, 3.05) is 5.32 Å². The average Bonchev–Trinajstić information content (AvgIpc) is 2.52. The summed E-state index contributed by atoms with van der Waals surface area (Å²) in [4.78, 5) is 28.9. The summed E-state index contributed by atoms with van der Waals surface area (Å²) in [6, 6.07) is 10.1. The summed E-state index contributed by atoms with van der Waals surface area (Å²) in [7, 11) is 0. The standard InChI is InChI=1S/C18H20FN3O2/c1-11(2)16(18(24)21-15-10-6-7-12(3)20-15)22-17(23)13-8-4-5-9-14(13)19/h4-11,16H,1-3H3,(H,22,23)(H,20,21,24). The van der Waals surface area contributed by atoms with Gasteiger partial charge in [-0.25, -0.2) is 9.37 Å². The van der Waals surface area contributed by atoms with Gasteiger partial charge in [0.05, 0.1) is 5.56 Å². The third-order valence-corrected chi connectivity index (χ3v) is 3.49. The van der Waals surface area contributed by atoms with Crippen molar-refractivity contribution in [3.05, 3.63) is 59.5 Å². The van der Waals surface area contributed by atoms with Crippen LogP contribution >= 0.6 is 0 Å². The van der Waals surface area contributed by atoms with Gasteiger partial charge in [0.1, 0.15) is 17.7 Å². The number of nitrogens with zero attached hydrogens (tertiary/aromatic N) is 1. The van der Waals surface area contributed by atoms with Crippen molar-refractivity contribution in [2.45, 2.75) is 26.8 Å². The average molecular weight is 329 g/mol. The molecule has 2 amide bonds. The Morgan fingerprint density at radius 3 is 2.42 bits per heavy atom. The van der Waals surface area contributed by atoms with Crippen LogP contribution in [0.1, 0.15) is 29.9 Å². The fourth-order valence-corrected chi connectivity index (χ4v) is 2.22. The molecule has 0 saturated carbocycles. The molecule has 6 heteroatoms. The number of aromatic nitrogens is 1. The minimum Gasteiger partial charge on any atom is -0.340 e. The molecule has 1 aromatic heterocycles. The first-order chi connectivity index (χ1) is 11.4. The van der Waals surface area contributed by atoms with Crippen molar-refractivity contribution in [1.82, 2.24) is 10.3 Å². The largest absolute Gasteiger partial charge is 0.340 e. The molecule has 0 radical (unpaired) electrons. The lowest BCUT2D eigenvalue weighted by Gasteiger charge is -2.21. The molecule has 0 aliphatic heterocycles. The quantitative estimate of drug-likeness (QED) is 0.886. The van der Waals surface area contributed by atoms with E-state index in [1.54, 1.807) is 32.0 Å². The summed E-state index contributed by atoms with van der Waals surface area (Å²) in [5.41, 5.74) is 0.675. The van der Waals surface area contributed by atoms with Gasteiger partial charge in [0.15, 0.2) is 0 Å². The first-order valence-corrected chi connectivity index (χ1v) is 7.68. The van der Waals surface area contributed by atoms with E-state index in [9.17, 15) is 14.0 Å². The van der Waals surface area contributed by atoms with Gasteiger partial charge in [-0.2, -0.15) is 0 Å². The Labute approximate surface area is 140 Å². The van der Waals surface area contributed by atoms with E-state index in [1.165, 1.54) is 18.2 Å². The van der Waals surface area contributed by atoms with E-state index in [-0.39, 0.29) is 11.5 Å². The fourth-order valence-electron chi connectivity index (χ4n) is 2.22. The summed E-state index contributed by atoms with van der Waals surface area (Å²) in [6.45, 7) is 5.42. The molecule has 0 aliphatic carbocycles. The van der Waals surface area contributed by atoms with Gasteiger partial charge in [-0.3, -0.25) is 9.59 Å². The van der Waals surface area contributed by atoms with Crippen LogP contribution in [0.15, 0.2) is 42.5 Å². The van der Waals surface area contributed by atoms with E-state index in [0.717, 1.165) is 5.69 Å².